The first-order valence-corrected chi connectivity index (χ1v) is 10.3. The van der Waals surface area contributed by atoms with E-state index in [-0.39, 0.29) is 5.91 Å². The van der Waals surface area contributed by atoms with Crippen LogP contribution in [0.2, 0.25) is 0 Å². The molecule has 0 bridgehead atoms. The first-order valence-electron chi connectivity index (χ1n) is 10.3. The molecule has 0 aromatic heterocycles. The number of carbonyl (C=O) groups is 1. The molecule has 0 aliphatic carbocycles. The predicted molar refractivity (Wildman–Crippen MR) is 109 cm³/mol. The highest BCUT2D eigenvalue weighted by Crippen LogP contribution is 2.34. The van der Waals surface area contributed by atoms with Gasteiger partial charge in [0.15, 0.2) is 11.5 Å². The van der Waals surface area contributed by atoms with Gasteiger partial charge in [0.05, 0.1) is 19.6 Å². The van der Waals surface area contributed by atoms with E-state index >= 15 is 0 Å². The molecule has 2 aliphatic rings. The van der Waals surface area contributed by atoms with E-state index in [1.165, 1.54) is 0 Å². The SMILES string of the molecule is COc1ccc(C(C)(C)C(=O)N2CCN(CC3CCOCC3)CC2)cc1OC. The zero-order valence-electron chi connectivity index (χ0n) is 17.7. The molecule has 0 N–H and O–H groups in total. The Morgan fingerprint density at radius 3 is 2.32 bits per heavy atom. The molecular formula is C22H34N2O4. The normalized spacial score (nSPS) is 19.5. The number of benzene rings is 1. The van der Waals surface area contributed by atoms with Crippen molar-refractivity contribution in [2.75, 3.05) is 60.2 Å². The Kier molecular flexibility index (Phi) is 6.83. The van der Waals surface area contributed by atoms with E-state index in [0.29, 0.717) is 11.5 Å². The second-order valence-corrected chi connectivity index (χ2v) is 8.34. The molecule has 28 heavy (non-hydrogen) atoms. The number of hydrogen-bond acceptors (Lipinski definition) is 5. The third-order valence-electron chi connectivity index (χ3n) is 6.16. The maximum absolute atomic E-state index is 13.3. The van der Waals surface area contributed by atoms with Crippen molar-refractivity contribution < 1.29 is 19.0 Å². The molecule has 2 saturated heterocycles. The van der Waals surface area contributed by atoms with Gasteiger partial charge in [0, 0.05) is 45.9 Å². The zero-order chi connectivity index (χ0) is 20.1. The van der Waals surface area contributed by atoms with Gasteiger partial charge in [-0.05, 0) is 50.3 Å². The molecule has 0 saturated carbocycles. The molecular weight excluding hydrogens is 356 g/mol. The van der Waals surface area contributed by atoms with Crippen LogP contribution in [-0.2, 0) is 14.9 Å². The lowest BCUT2D eigenvalue weighted by molar-refractivity contribution is -0.138. The molecule has 6 nitrogen and oxygen atoms in total. The lowest BCUT2D eigenvalue weighted by Gasteiger charge is -2.40. The fourth-order valence-corrected chi connectivity index (χ4v) is 4.17. The molecule has 156 valence electrons. The largest absolute Gasteiger partial charge is 0.493 e. The molecule has 1 aromatic carbocycles. The second kappa shape index (κ2) is 9.14. The van der Waals surface area contributed by atoms with Crippen LogP contribution in [0, 0.1) is 5.92 Å². The Balaban J connectivity index is 1.60. The van der Waals surface area contributed by atoms with Gasteiger partial charge in [0.2, 0.25) is 5.91 Å². The maximum atomic E-state index is 13.3. The number of nitrogens with zero attached hydrogens (tertiary/aromatic N) is 2. The van der Waals surface area contributed by atoms with E-state index in [4.69, 9.17) is 14.2 Å². The maximum Gasteiger partial charge on any atom is 0.232 e. The highest BCUT2D eigenvalue weighted by Gasteiger charge is 2.36. The van der Waals surface area contributed by atoms with Crippen molar-refractivity contribution in [3.63, 3.8) is 0 Å². The highest BCUT2D eigenvalue weighted by molar-refractivity contribution is 5.87. The van der Waals surface area contributed by atoms with Crippen molar-refractivity contribution >= 4 is 5.91 Å². The average molecular weight is 391 g/mol. The number of piperazine rings is 1. The lowest BCUT2D eigenvalue weighted by atomic mass is 9.82. The number of amides is 1. The number of methoxy groups -OCH3 is 2. The van der Waals surface area contributed by atoms with Crippen LogP contribution in [0.3, 0.4) is 0 Å². The van der Waals surface area contributed by atoms with Gasteiger partial charge in [-0.2, -0.15) is 0 Å². The second-order valence-electron chi connectivity index (χ2n) is 8.34. The quantitative estimate of drug-likeness (QED) is 0.747. The summed E-state index contributed by atoms with van der Waals surface area (Å²) in [5, 5.41) is 0. The van der Waals surface area contributed by atoms with Crippen LogP contribution in [0.15, 0.2) is 18.2 Å². The van der Waals surface area contributed by atoms with Crippen LogP contribution in [0.4, 0.5) is 0 Å². The van der Waals surface area contributed by atoms with Crippen LogP contribution < -0.4 is 9.47 Å². The summed E-state index contributed by atoms with van der Waals surface area (Å²) in [6.07, 6.45) is 2.32. The summed E-state index contributed by atoms with van der Waals surface area (Å²) < 4.78 is 16.2. The summed E-state index contributed by atoms with van der Waals surface area (Å²) in [4.78, 5) is 17.8. The van der Waals surface area contributed by atoms with Gasteiger partial charge < -0.3 is 19.1 Å². The molecule has 0 radical (unpaired) electrons. The Bertz CT molecular complexity index is 663. The van der Waals surface area contributed by atoms with E-state index in [1.807, 2.05) is 36.9 Å². The minimum absolute atomic E-state index is 0.172. The molecule has 1 aromatic rings. The van der Waals surface area contributed by atoms with Gasteiger partial charge in [0.1, 0.15) is 0 Å². The summed E-state index contributed by atoms with van der Waals surface area (Å²) >= 11 is 0. The van der Waals surface area contributed by atoms with Crippen LogP contribution in [-0.4, -0.2) is 75.9 Å². The summed E-state index contributed by atoms with van der Waals surface area (Å²) in [5.74, 6) is 2.24. The van der Waals surface area contributed by atoms with E-state index in [0.717, 1.165) is 70.3 Å². The van der Waals surface area contributed by atoms with Gasteiger partial charge in [-0.3, -0.25) is 9.69 Å². The summed E-state index contributed by atoms with van der Waals surface area (Å²) in [5.41, 5.74) is 0.336. The van der Waals surface area contributed by atoms with Gasteiger partial charge in [-0.15, -0.1) is 0 Å². The molecule has 6 heteroatoms. The standard InChI is InChI=1S/C22H34N2O4/c1-22(2,18-5-6-19(26-3)20(15-18)27-4)21(25)24-11-9-23(10-12-24)16-17-7-13-28-14-8-17/h5-6,15,17H,7-14,16H2,1-4H3. The Hall–Kier alpha value is -1.79. The fraction of sp³-hybridized carbons (Fsp3) is 0.682. The van der Waals surface area contributed by atoms with E-state index in [2.05, 4.69) is 4.90 Å². The number of ether oxygens (including phenoxy) is 3. The summed E-state index contributed by atoms with van der Waals surface area (Å²) in [7, 11) is 3.24. The van der Waals surface area contributed by atoms with Crippen molar-refractivity contribution in [1.29, 1.82) is 0 Å². The van der Waals surface area contributed by atoms with Crippen LogP contribution in [0.25, 0.3) is 0 Å². The third kappa shape index (κ3) is 4.61. The molecule has 1 amide bonds. The lowest BCUT2D eigenvalue weighted by Crippen LogP contribution is -2.53. The minimum Gasteiger partial charge on any atom is -0.493 e. The first-order chi connectivity index (χ1) is 13.5. The predicted octanol–water partition coefficient (Wildman–Crippen LogP) is 2.55. The zero-order valence-corrected chi connectivity index (χ0v) is 17.7. The molecule has 2 aliphatic heterocycles. The van der Waals surface area contributed by atoms with Gasteiger partial charge in [-0.1, -0.05) is 6.07 Å². The van der Waals surface area contributed by atoms with Crippen molar-refractivity contribution in [3.8, 4) is 11.5 Å². The van der Waals surface area contributed by atoms with Gasteiger partial charge in [0.25, 0.3) is 0 Å². The summed E-state index contributed by atoms with van der Waals surface area (Å²) in [6.45, 7) is 10.4. The van der Waals surface area contributed by atoms with E-state index < -0.39 is 5.41 Å². The van der Waals surface area contributed by atoms with E-state index in [9.17, 15) is 4.79 Å². The Morgan fingerprint density at radius 1 is 1.07 bits per heavy atom. The topological polar surface area (TPSA) is 51.2 Å². The molecule has 0 spiro atoms. The smallest absolute Gasteiger partial charge is 0.232 e. The molecule has 0 atom stereocenters. The van der Waals surface area contributed by atoms with Crippen molar-refractivity contribution in [3.05, 3.63) is 23.8 Å². The van der Waals surface area contributed by atoms with Gasteiger partial charge in [-0.25, -0.2) is 0 Å². The molecule has 3 rings (SSSR count). The first kappa shape index (κ1) is 20.9. The van der Waals surface area contributed by atoms with Crippen molar-refractivity contribution in [2.45, 2.75) is 32.1 Å². The van der Waals surface area contributed by atoms with Crippen molar-refractivity contribution in [2.24, 2.45) is 5.92 Å². The van der Waals surface area contributed by atoms with E-state index in [1.54, 1.807) is 14.2 Å². The monoisotopic (exact) mass is 390 g/mol. The Morgan fingerprint density at radius 2 is 1.71 bits per heavy atom. The number of hydrogen-bond donors (Lipinski definition) is 0. The molecule has 0 unspecified atom stereocenters. The minimum atomic E-state index is -0.609. The third-order valence-corrected chi connectivity index (χ3v) is 6.16. The van der Waals surface area contributed by atoms with Gasteiger partial charge >= 0.3 is 0 Å². The average Bonchev–Trinajstić information content (AvgIpc) is 2.74. The molecule has 2 heterocycles. The fourth-order valence-electron chi connectivity index (χ4n) is 4.17. The van der Waals surface area contributed by atoms with Crippen LogP contribution in [0.1, 0.15) is 32.3 Å². The number of rotatable bonds is 6. The Labute approximate surface area is 168 Å². The molecule has 2 fully saturated rings. The van der Waals surface area contributed by atoms with Crippen LogP contribution >= 0.6 is 0 Å². The number of carbonyl (C=O) groups excluding carboxylic acids is 1. The van der Waals surface area contributed by atoms with Crippen LogP contribution in [0.5, 0.6) is 11.5 Å². The van der Waals surface area contributed by atoms with Crippen molar-refractivity contribution in [1.82, 2.24) is 9.80 Å². The highest BCUT2D eigenvalue weighted by atomic mass is 16.5. The summed E-state index contributed by atoms with van der Waals surface area (Å²) in [6, 6.07) is 5.74.